The lowest BCUT2D eigenvalue weighted by atomic mass is 9.88. The van der Waals surface area contributed by atoms with E-state index in [-0.39, 0.29) is 0 Å². The molecule has 0 unspecified atom stereocenters. The second kappa shape index (κ2) is 26.4. The van der Waals surface area contributed by atoms with Crippen molar-refractivity contribution in [2.45, 2.75) is 180 Å². The maximum atomic E-state index is 12.8. The first-order chi connectivity index (χ1) is 33.3. The van der Waals surface area contributed by atoms with Gasteiger partial charge >= 0.3 is 5.97 Å². The van der Waals surface area contributed by atoms with E-state index in [1.807, 2.05) is 0 Å². The topological polar surface area (TPSA) is 522 Å². The highest BCUT2D eigenvalue weighted by Gasteiger charge is 2.58. The highest BCUT2D eigenvalue weighted by atomic mass is 16.8. The number of amides is 3. The van der Waals surface area contributed by atoms with Crippen LogP contribution in [0.25, 0.3) is 0 Å². The highest BCUT2D eigenvalue weighted by molar-refractivity contribution is 5.78. The van der Waals surface area contributed by atoms with E-state index < -0.39 is 222 Å². The van der Waals surface area contributed by atoms with Gasteiger partial charge in [-0.3, -0.25) is 14.4 Å². The molecular weight excluding hydrogens is 974 g/mol. The van der Waals surface area contributed by atoms with Gasteiger partial charge in [0.1, 0.15) is 110 Å². The second-order valence-corrected chi connectivity index (χ2v) is 17.4. The molecule has 20 N–H and O–H groups in total. The Bertz CT molecular complexity index is 1730. The van der Waals surface area contributed by atoms with E-state index in [1.54, 1.807) is 0 Å². The number of carbonyl (C=O) groups excluding carboxylic acids is 3. The van der Waals surface area contributed by atoms with Gasteiger partial charge in [0, 0.05) is 20.3 Å². The summed E-state index contributed by atoms with van der Waals surface area (Å²) in [6.07, 6.45) is -43.9. The van der Waals surface area contributed by atoms with Crippen LogP contribution in [0.5, 0.6) is 0 Å². The van der Waals surface area contributed by atoms with Crippen LogP contribution in [-0.4, -0.2) is 303 Å². The van der Waals surface area contributed by atoms with Gasteiger partial charge < -0.3 is 141 Å². The van der Waals surface area contributed by atoms with Crippen LogP contribution in [0, 0.1) is 0 Å². The predicted octanol–water partition coefficient (Wildman–Crippen LogP) is -12.7. The number of hydrogen-bond donors (Lipinski definition) is 20. The van der Waals surface area contributed by atoms with E-state index in [0.717, 1.165) is 13.8 Å². The molecule has 0 radical (unpaired) electrons. The number of ether oxygens (including phenoxy) is 8. The number of carbonyl (C=O) groups is 4. The molecular formula is C39H67N3O29. The molecule has 32 nitrogen and oxygen atoms in total. The van der Waals surface area contributed by atoms with E-state index in [9.17, 15) is 106 Å². The lowest BCUT2D eigenvalue weighted by Gasteiger charge is -2.50. The molecule has 0 saturated carbocycles. The summed E-state index contributed by atoms with van der Waals surface area (Å²) in [4.78, 5) is 49.6. The standard InChI is InChI=1S/C39H67N3O29/c1-11-23(54)29(60)30(61)36(65-11)70-34-33(69-35-22(41-13(3)49)28(59)26(57)18(7-45)66-35)27(58)19(8-46)67-37(34)68-31(14(5-43)40-12(2)48)25(56)17(52)10-64-39(38(62)63)4-15(50)21(42-20(53)9-47)32(71-39)24(55)16(51)6-44/h11,14-19,21-37,43-47,50-52,54-61H,4-10H2,1-3H3,(H,40,48)(H,41,49)(H,42,53)(H,62,63)/t11-,14-,15-,16+,17+,18+,19+,21+,22+,23+,24+,25-,26-,27-,28+,29+,30-,31+,32+,33-,34+,35+,36-,37-,39+/m0/s1. The van der Waals surface area contributed by atoms with Gasteiger partial charge in [0.25, 0.3) is 5.79 Å². The van der Waals surface area contributed by atoms with E-state index in [4.69, 9.17) is 37.9 Å². The number of hydrogen-bond acceptors (Lipinski definition) is 28. The number of nitrogens with one attached hydrogen (secondary N) is 3. The number of rotatable bonds is 23. The Labute approximate surface area is 402 Å². The van der Waals surface area contributed by atoms with Gasteiger partial charge in [0.2, 0.25) is 17.7 Å². The molecule has 32 heteroatoms. The van der Waals surface area contributed by atoms with Gasteiger partial charge in [0.15, 0.2) is 18.9 Å². The van der Waals surface area contributed by atoms with E-state index >= 15 is 0 Å². The fourth-order valence-corrected chi connectivity index (χ4v) is 8.35. The van der Waals surface area contributed by atoms with Crippen molar-refractivity contribution in [3.8, 4) is 0 Å². The minimum absolute atomic E-state index is 0.822. The van der Waals surface area contributed by atoms with E-state index in [0.29, 0.717) is 0 Å². The van der Waals surface area contributed by atoms with Gasteiger partial charge in [-0.15, -0.1) is 0 Å². The first-order valence-corrected chi connectivity index (χ1v) is 22.2. The summed E-state index contributed by atoms with van der Waals surface area (Å²) >= 11 is 0. The summed E-state index contributed by atoms with van der Waals surface area (Å²) < 4.78 is 46.1. The fraction of sp³-hybridized carbons (Fsp3) is 0.897. The lowest BCUT2D eigenvalue weighted by Crippen LogP contribution is -2.69. The molecule has 3 amide bonds. The molecule has 4 fully saturated rings. The van der Waals surface area contributed by atoms with Crippen LogP contribution in [0.2, 0.25) is 0 Å². The smallest absolute Gasteiger partial charge is 0.364 e. The van der Waals surface area contributed by atoms with Crippen molar-refractivity contribution in [1.29, 1.82) is 0 Å². The maximum Gasteiger partial charge on any atom is 0.364 e. The number of aliphatic carboxylic acids is 1. The van der Waals surface area contributed by atoms with Crippen LogP contribution in [0.15, 0.2) is 0 Å². The summed E-state index contributed by atoms with van der Waals surface area (Å²) in [7, 11) is 0. The van der Waals surface area contributed by atoms with Gasteiger partial charge in [-0.25, -0.2) is 4.79 Å². The Morgan fingerprint density at radius 1 is 0.676 bits per heavy atom. The Morgan fingerprint density at radius 3 is 1.83 bits per heavy atom. The number of aliphatic hydroxyl groups excluding tert-OH is 16. The van der Waals surface area contributed by atoms with Crippen LogP contribution in [-0.2, 0) is 57.1 Å². The molecule has 4 aliphatic rings. The summed E-state index contributed by atoms with van der Waals surface area (Å²) in [5.41, 5.74) is 0. The van der Waals surface area contributed by atoms with Crippen LogP contribution < -0.4 is 16.0 Å². The van der Waals surface area contributed by atoms with Crippen molar-refractivity contribution in [3.05, 3.63) is 0 Å². The zero-order chi connectivity index (χ0) is 53.4. The first-order valence-electron chi connectivity index (χ1n) is 22.2. The third-order valence-corrected chi connectivity index (χ3v) is 12.2. The Morgan fingerprint density at radius 2 is 1.28 bits per heavy atom. The normalized spacial score (nSPS) is 40.3. The third-order valence-electron chi connectivity index (χ3n) is 12.2. The number of carboxylic acids is 1. The van der Waals surface area contributed by atoms with Gasteiger partial charge in [-0.2, -0.15) is 0 Å². The molecule has 4 rings (SSSR count). The van der Waals surface area contributed by atoms with Crippen molar-refractivity contribution in [3.63, 3.8) is 0 Å². The van der Waals surface area contributed by atoms with Crippen LogP contribution >= 0.6 is 0 Å². The summed E-state index contributed by atoms with van der Waals surface area (Å²) in [6.45, 7) is -3.73. The van der Waals surface area contributed by atoms with Crippen molar-refractivity contribution in [2.75, 3.05) is 39.6 Å². The quantitative estimate of drug-likeness (QED) is 0.0452. The van der Waals surface area contributed by atoms with Crippen molar-refractivity contribution in [2.24, 2.45) is 0 Å². The minimum atomic E-state index is -3.13. The average Bonchev–Trinajstić information content (AvgIpc) is 3.33. The first kappa shape index (κ1) is 60.5. The largest absolute Gasteiger partial charge is 0.477 e. The Kier molecular flexibility index (Phi) is 22.5. The van der Waals surface area contributed by atoms with Crippen LogP contribution in [0.4, 0.5) is 0 Å². The van der Waals surface area contributed by atoms with Crippen LogP contribution in [0.1, 0.15) is 27.2 Å². The molecule has 0 bridgehead atoms. The molecule has 4 heterocycles. The summed E-state index contributed by atoms with van der Waals surface area (Å²) in [5, 5.41) is 187. The monoisotopic (exact) mass is 1040 g/mol. The Balaban J connectivity index is 1.78. The zero-order valence-corrected chi connectivity index (χ0v) is 38.3. The predicted molar refractivity (Wildman–Crippen MR) is 221 cm³/mol. The maximum absolute atomic E-state index is 12.8. The molecule has 0 aromatic rings. The summed E-state index contributed by atoms with van der Waals surface area (Å²) in [5.74, 6) is -8.09. The van der Waals surface area contributed by atoms with Crippen molar-refractivity contribution in [1.82, 2.24) is 16.0 Å². The molecule has 4 aliphatic heterocycles. The number of carboxylic acid groups (broad SMARTS) is 1. The van der Waals surface area contributed by atoms with Crippen molar-refractivity contribution < 1.29 is 144 Å². The molecule has 0 aromatic heterocycles. The number of aliphatic hydroxyl groups is 16. The SMILES string of the molecule is CC(=O)N[C@H]1[C@@H](O[C@H]2[C@@H](O)[C@@H](CO)O[C@@H](O[C@@H]([C@@H](O)[C@H](O)CO[C@]3(C(=O)O)C[C@H](O)[C@@H](NC(=O)CO)[C@H]([C@H](O)[C@H](O)CO)O3)[C@H](CO)NC(C)=O)[C@@H]2O[C@@H]2O[C@@H](C)[C@@H](O)[C@@H](O)[C@@H]2O)O[C@H](CO)[C@H](O)[C@@H]1O. The van der Waals surface area contributed by atoms with Gasteiger partial charge in [0.05, 0.1) is 57.3 Å². The third kappa shape index (κ3) is 14.2. The van der Waals surface area contributed by atoms with E-state index in [1.165, 1.54) is 6.92 Å². The molecule has 412 valence electrons. The molecule has 25 atom stereocenters. The molecule has 0 spiro atoms. The van der Waals surface area contributed by atoms with E-state index in [2.05, 4.69) is 16.0 Å². The van der Waals surface area contributed by atoms with Gasteiger partial charge in [-0.05, 0) is 6.92 Å². The highest BCUT2D eigenvalue weighted by Crippen LogP contribution is 2.37. The van der Waals surface area contributed by atoms with Crippen molar-refractivity contribution >= 4 is 23.7 Å². The minimum Gasteiger partial charge on any atom is -0.477 e. The molecule has 0 aliphatic carbocycles. The fourth-order valence-electron chi connectivity index (χ4n) is 8.35. The molecule has 4 saturated heterocycles. The summed E-state index contributed by atoms with van der Waals surface area (Å²) in [6, 6.07) is -5.32. The van der Waals surface area contributed by atoms with Gasteiger partial charge in [-0.1, -0.05) is 0 Å². The Hall–Kier alpha value is -3.08. The van der Waals surface area contributed by atoms with Crippen LogP contribution in [0.3, 0.4) is 0 Å². The average molecular weight is 1040 g/mol. The second-order valence-electron chi connectivity index (χ2n) is 17.4. The molecule has 71 heavy (non-hydrogen) atoms. The zero-order valence-electron chi connectivity index (χ0n) is 38.3. The molecule has 0 aromatic carbocycles. The lowest BCUT2D eigenvalue weighted by molar-refractivity contribution is -0.392.